The van der Waals surface area contributed by atoms with E-state index in [1.165, 1.54) is 46.1 Å². The van der Waals surface area contributed by atoms with Crippen LogP contribution < -0.4 is 30.9 Å². The summed E-state index contributed by atoms with van der Waals surface area (Å²) in [6.45, 7) is 17.8. The van der Waals surface area contributed by atoms with Gasteiger partial charge in [0.1, 0.15) is 17.0 Å². The first-order valence-electron chi connectivity index (χ1n) is 33.8. The first kappa shape index (κ1) is 77.0. The first-order valence-corrected chi connectivity index (χ1v) is 39.5. The molecule has 0 radical (unpaired) electrons. The molecule has 6 aromatic rings. The van der Waals surface area contributed by atoms with Gasteiger partial charge >= 0.3 is 5.51 Å². The van der Waals surface area contributed by atoms with Gasteiger partial charge in [0, 0.05) is 103 Å². The van der Waals surface area contributed by atoms with Gasteiger partial charge in [0.15, 0.2) is 0 Å². The number of nitrogens with one attached hydrogen (secondary N) is 5. The van der Waals surface area contributed by atoms with E-state index >= 15 is 0 Å². The third-order valence-electron chi connectivity index (χ3n) is 18.9. The van der Waals surface area contributed by atoms with Crippen molar-refractivity contribution in [1.82, 2.24) is 40.4 Å². The zero-order chi connectivity index (χ0) is 72.2. The normalized spacial score (nSPS) is 19.7. The number of anilines is 2. The summed E-state index contributed by atoms with van der Waals surface area (Å²) in [5.74, 6) is -1.43. The van der Waals surface area contributed by atoms with Crippen molar-refractivity contribution in [2.45, 2.75) is 124 Å². The topological polar surface area (TPSA) is 235 Å². The SMILES string of the molecule is Cc1ncsc1-c1ccc([C@H](C)NC(=O)[C@@H]2C[C@@H](O)CN2C(=O)[C@@H](NC(=O)CSCNC(=O)C2(C)CCC(c3ccc(Cl)cc3)=C(CN3CCN(c4ccc(C(=O)NSc5ccc(N[C@H](CCN6CCOCC6)CSc6ccccc6)c(S(=O)(=O)C(F)(F)F)c5)cc4)CC3)C2)C(C)(C)C)cc1. The van der Waals surface area contributed by atoms with Crippen LogP contribution in [0.15, 0.2) is 147 Å². The predicted molar refractivity (Wildman–Crippen MR) is 397 cm³/mol. The number of carbonyl (C=O) groups is 5. The van der Waals surface area contributed by atoms with Gasteiger partial charge in [-0.1, -0.05) is 99.5 Å². The summed E-state index contributed by atoms with van der Waals surface area (Å²) < 4.78 is 77.6. The van der Waals surface area contributed by atoms with Crippen molar-refractivity contribution in [3.63, 3.8) is 0 Å². The summed E-state index contributed by atoms with van der Waals surface area (Å²) in [7, 11) is -5.82. The van der Waals surface area contributed by atoms with E-state index in [-0.39, 0.29) is 41.1 Å². The number of allylic oxidation sites excluding steroid dienone is 1. The second-order valence-electron chi connectivity index (χ2n) is 27.4. The van der Waals surface area contributed by atoms with Gasteiger partial charge in [0.2, 0.25) is 23.6 Å². The first-order chi connectivity index (χ1) is 48.1. The Morgan fingerprint density at radius 1 is 0.851 bits per heavy atom. The fourth-order valence-electron chi connectivity index (χ4n) is 13.0. The molecule has 4 aliphatic rings. The fourth-order valence-corrected chi connectivity index (χ4v) is 17.2. The number of aryl methyl sites for hydroxylation is 1. The Hall–Kier alpha value is -6.66. The molecule has 6 atom stereocenters. The van der Waals surface area contributed by atoms with Crippen LogP contribution in [0.4, 0.5) is 24.5 Å². The molecule has 3 saturated heterocycles. The van der Waals surface area contributed by atoms with Gasteiger partial charge in [-0.25, -0.2) is 13.4 Å². The van der Waals surface area contributed by atoms with Gasteiger partial charge in [0.05, 0.1) is 64.2 Å². The molecule has 3 fully saturated rings. The van der Waals surface area contributed by atoms with Crippen molar-refractivity contribution in [2.75, 3.05) is 99.7 Å². The van der Waals surface area contributed by atoms with Crippen LogP contribution in [-0.4, -0.2) is 182 Å². The number of aliphatic hydroxyl groups is 1. The molecule has 1 aromatic heterocycles. The number of aromatic nitrogens is 1. The minimum absolute atomic E-state index is 0.0513. The van der Waals surface area contributed by atoms with Gasteiger partial charge in [-0.2, -0.15) is 13.2 Å². The number of nitrogens with zero attached hydrogens (tertiary/aromatic N) is 5. The maximum Gasteiger partial charge on any atom is 0.501 e. The van der Waals surface area contributed by atoms with Gasteiger partial charge in [-0.15, -0.1) is 34.9 Å². The lowest BCUT2D eigenvalue weighted by atomic mass is 9.71. The minimum Gasteiger partial charge on any atom is -0.391 e. The highest BCUT2D eigenvalue weighted by Crippen LogP contribution is 2.44. The summed E-state index contributed by atoms with van der Waals surface area (Å²) >= 11 is 11.4. The molecule has 5 amide bonds. The standard InChI is InChI=1S/C73H88ClF3N10O9S5/c1-47(49-12-14-51(15-13-49)65-48(2)78-46-99-65)80-68(91)62-38-57(88)42-87(62)69(92)66(71(3,4)5)82-64(89)44-97-45-79-70(93)72(6)28-26-60(50-16-20-54(74)21-17-50)53(40-72)41-85-30-32-86(33-31-85)56-22-18-52(19-23-56)67(90)83-100-59-24-25-61(63(39-59)101(94,95)73(75,76)77)81-55(27-29-84-34-36-96-37-35-84)43-98-58-10-8-7-9-11-58/h7-25,39,46-47,55,57,62,66,81,88H,26-38,40-45H2,1-6H3,(H,79,93)(H,80,91)(H,82,89)(H,83,90)/t47-,55+,57+,62-,66+,72?/m0/s1. The third kappa shape index (κ3) is 20.2. The van der Waals surface area contributed by atoms with E-state index in [2.05, 4.69) is 45.7 Å². The predicted octanol–water partition coefficient (Wildman–Crippen LogP) is 11.7. The Morgan fingerprint density at radius 3 is 2.21 bits per heavy atom. The zero-order valence-electron chi connectivity index (χ0n) is 57.4. The summed E-state index contributed by atoms with van der Waals surface area (Å²) in [5.41, 5.74) is 1.85. The van der Waals surface area contributed by atoms with Crippen molar-refractivity contribution < 1.29 is 55.4 Å². The number of amides is 5. The summed E-state index contributed by atoms with van der Waals surface area (Å²) in [6, 6.07) is 33.2. The maximum absolute atomic E-state index is 14.4. The van der Waals surface area contributed by atoms with E-state index < -0.39 is 85.0 Å². The number of thiazole rings is 1. The lowest BCUT2D eigenvalue weighted by Gasteiger charge is -2.40. The molecule has 5 aromatic carbocycles. The molecule has 0 spiro atoms. The fraction of sp³-hybridized carbons (Fsp3) is 0.452. The summed E-state index contributed by atoms with van der Waals surface area (Å²) in [6.07, 6.45) is 1.36. The number of aliphatic hydroxyl groups excluding tert-OH is 1. The van der Waals surface area contributed by atoms with Gasteiger partial charge in [-0.05, 0) is 146 Å². The number of hydrogen-bond acceptors (Lipinski definition) is 18. The Balaban J connectivity index is 0.706. The number of hydrogen-bond donors (Lipinski definition) is 6. The number of halogens is 4. The van der Waals surface area contributed by atoms with Gasteiger partial charge < -0.3 is 40.9 Å². The number of alkyl halides is 3. The molecule has 0 bridgehead atoms. The molecule has 0 saturated carbocycles. The van der Waals surface area contributed by atoms with Crippen LogP contribution in [0.25, 0.3) is 16.0 Å². The molecule has 542 valence electrons. The number of sulfone groups is 1. The lowest BCUT2D eigenvalue weighted by Crippen LogP contribution is -2.58. The molecule has 19 nitrogen and oxygen atoms in total. The number of thioether (sulfide) groups is 2. The molecule has 28 heteroatoms. The summed E-state index contributed by atoms with van der Waals surface area (Å²) in [4.78, 5) is 83.5. The van der Waals surface area contributed by atoms with Crippen LogP contribution in [0.3, 0.4) is 0 Å². The maximum atomic E-state index is 14.4. The second kappa shape index (κ2) is 34.3. The second-order valence-corrected chi connectivity index (χ2v) is 33.5. The monoisotopic (exact) mass is 1500 g/mol. The Kier molecular flexibility index (Phi) is 26.1. The molecular weight excluding hydrogens is 1410 g/mol. The van der Waals surface area contributed by atoms with E-state index in [0.29, 0.717) is 108 Å². The number of piperazine rings is 1. The Labute approximate surface area is 611 Å². The third-order valence-corrected chi connectivity index (χ3v) is 24.4. The van der Waals surface area contributed by atoms with E-state index in [9.17, 15) is 50.7 Å². The van der Waals surface area contributed by atoms with Crippen LogP contribution in [0.2, 0.25) is 5.02 Å². The van der Waals surface area contributed by atoms with E-state index in [4.69, 9.17) is 16.3 Å². The van der Waals surface area contributed by atoms with E-state index in [1.54, 1.807) is 29.0 Å². The minimum atomic E-state index is -5.82. The van der Waals surface area contributed by atoms with Crippen LogP contribution in [0.1, 0.15) is 99.9 Å². The number of β-amino-alcohol motifs (C(OH)–C–C–N with tert-alkyl or cyclic N) is 1. The number of carbonyl (C=O) groups excluding carboxylic acids is 5. The zero-order valence-corrected chi connectivity index (χ0v) is 62.3. The number of rotatable bonds is 27. The molecule has 10 rings (SSSR count). The van der Waals surface area contributed by atoms with Crippen molar-refractivity contribution in [3.8, 4) is 10.4 Å². The van der Waals surface area contributed by atoms with Crippen LogP contribution >= 0.6 is 58.4 Å². The highest BCUT2D eigenvalue weighted by molar-refractivity contribution is 8.00. The molecule has 101 heavy (non-hydrogen) atoms. The Morgan fingerprint density at radius 2 is 1.54 bits per heavy atom. The average Bonchev–Trinajstić information content (AvgIpc) is 1.36. The van der Waals surface area contributed by atoms with Gasteiger partial charge in [0.25, 0.3) is 15.7 Å². The number of benzene rings is 5. The number of morpholine rings is 1. The van der Waals surface area contributed by atoms with Gasteiger partial charge in [-0.3, -0.25) is 38.5 Å². The lowest BCUT2D eigenvalue weighted by molar-refractivity contribution is -0.143. The molecule has 4 heterocycles. The van der Waals surface area contributed by atoms with Crippen molar-refractivity contribution in [3.05, 3.63) is 160 Å². The quantitative estimate of drug-likeness (QED) is 0.0122. The molecule has 1 unspecified atom stereocenters. The van der Waals surface area contributed by atoms with Crippen LogP contribution in [-0.2, 0) is 33.8 Å². The van der Waals surface area contributed by atoms with Crippen molar-refractivity contribution in [1.29, 1.82) is 0 Å². The molecular formula is C73H88ClF3N10O9S5. The largest absolute Gasteiger partial charge is 0.501 e. The van der Waals surface area contributed by atoms with Crippen molar-refractivity contribution >= 4 is 115 Å². The molecule has 6 N–H and O–H groups in total. The number of ether oxygens (including phenoxy) is 1. The van der Waals surface area contributed by atoms with Crippen molar-refractivity contribution in [2.24, 2.45) is 10.8 Å². The van der Waals surface area contributed by atoms with Crippen LogP contribution in [0, 0.1) is 17.8 Å². The van der Waals surface area contributed by atoms with Crippen LogP contribution in [0.5, 0.6) is 0 Å². The average molecular weight is 1500 g/mol. The molecule has 1 aliphatic carbocycles. The van der Waals surface area contributed by atoms with E-state index in [1.807, 2.05) is 133 Å². The highest BCUT2D eigenvalue weighted by atomic mass is 35.5. The Bertz CT molecular complexity index is 4010. The summed E-state index contributed by atoms with van der Waals surface area (Å²) in [5, 5.41) is 23.6. The highest BCUT2D eigenvalue weighted by Gasteiger charge is 2.49. The van der Waals surface area contributed by atoms with E-state index in [0.717, 1.165) is 61.4 Å². The molecule has 3 aliphatic heterocycles. The smallest absolute Gasteiger partial charge is 0.391 e. The number of likely N-dealkylation sites (tertiary alicyclic amines) is 1.